The Morgan fingerprint density at radius 1 is 1.12 bits per heavy atom. The average molecular weight is 321 g/mol. The summed E-state index contributed by atoms with van der Waals surface area (Å²) in [6, 6.07) is 9.33. The molecule has 0 bridgehead atoms. The van der Waals surface area contributed by atoms with Crippen molar-refractivity contribution in [1.29, 1.82) is 0 Å². The number of aryl methyl sites for hydroxylation is 2. The first kappa shape index (κ1) is 14.4. The first-order valence-corrected chi connectivity index (χ1v) is 7.46. The number of benzene rings is 1. The highest BCUT2D eigenvalue weighted by atomic mass is 16.5. The average Bonchev–Trinajstić information content (AvgIpc) is 2.96. The van der Waals surface area contributed by atoms with E-state index in [1.54, 1.807) is 37.9 Å². The molecule has 0 N–H and O–H groups in total. The number of hydrogen-bond acceptors (Lipinski definition) is 5. The SMILES string of the molecule is COc1ccccc1-c1c2c(=O)n(C)ccc2nc2nc(C)nn12. The lowest BCUT2D eigenvalue weighted by atomic mass is 10.1. The predicted octanol–water partition coefficient (Wildman–Crippen LogP) is 1.96. The fourth-order valence-corrected chi connectivity index (χ4v) is 2.86. The van der Waals surface area contributed by atoms with Crippen LogP contribution in [0.3, 0.4) is 0 Å². The van der Waals surface area contributed by atoms with Crippen molar-refractivity contribution in [3.63, 3.8) is 0 Å². The van der Waals surface area contributed by atoms with Crippen LogP contribution in [0.1, 0.15) is 5.82 Å². The first-order chi connectivity index (χ1) is 11.6. The van der Waals surface area contributed by atoms with E-state index in [0.717, 1.165) is 5.56 Å². The van der Waals surface area contributed by atoms with Gasteiger partial charge in [0, 0.05) is 18.8 Å². The van der Waals surface area contributed by atoms with Crippen molar-refractivity contribution in [3.8, 4) is 17.0 Å². The maximum atomic E-state index is 12.8. The minimum atomic E-state index is -0.143. The van der Waals surface area contributed by atoms with Crippen LogP contribution in [0.5, 0.6) is 5.75 Å². The van der Waals surface area contributed by atoms with E-state index in [0.29, 0.717) is 33.9 Å². The monoisotopic (exact) mass is 321 g/mol. The molecule has 120 valence electrons. The lowest BCUT2D eigenvalue weighted by Gasteiger charge is -2.12. The molecule has 4 rings (SSSR count). The number of para-hydroxylation sites is 1. The van der Waals surface area contributed by atoms with Crippen molar-refractivity contribution < 1.29 is 4.74 Å². The Morgan fingerprint density at radius 2 is 1.92 bits per heavy atom. The summed E-state index contributed by atoms with van der Waals surface area (Å²) in [5, 5.41) is 4.91. The van der Waals surface area contributed by atoms with E-state index in [9.17, 15) is 4.79 Å². The molecule has 7 heteroatoms. The Morgan fingerprint density at radius 3 is 2.71 bits per heavy atom. The van der Waals surface area contributed by atoms with Crippen LogP contribution in [0.25, 0.3) is 27.9 Å². The summed E-state index contributed by atoms with van der Waals surface area (Å²) in [5.74, 6) is 1.70. The molecule has 1 aromatic carbocycles. The van der Waals surface area contributed by atoms with Gasteiger partial charge < -0.3 is 9.30 Å². The van der Waals surface area contributed by atoms with Crippen molar-refractivity contribution in [3.05, 3.63) is 52.7 Å². The van der Waals surface area contributed by atoms with E-state index < -0.39 is 0 Å². The van der Waals surface area contributed by atoms with Gasteiger partial charge in [0.2, 0.25) is 0 Å². The summed E-state index contributed by atoms with van der Waals surface area (Å²) in [5.41, 5.74) is 1.84. The Balaban J connectivity index is 2.29. The van der Waals surface area contributed by atoms with Gasteiger partial charge in [-0.1, -0.05) is 12.1 Å². The lowest BCUT2D eigenvalue weighted by Crippen LogP contribution is -2.18. The second-order valence-electron chi connectivity index (χ2n) is 5.52. The molecular formula is C17H15N5O2. The largest absolute Gasteiger partial charge is 0.496 e. The van der Waals surface area contributed by atoms with Crippen molar-refractivity contribution in [2.24, 2.45) is 7.05 Å². The molecule has 7 nitrogen and oxygen atoms in total. The third-order valence-electron chi connectivity index (χ3n) is 3.97. The Bertz CT molecular complexity index is 1140. The summed E-state index contributed by atoms with van der Waals surface area (Å²) >= 11 is 0. The molecule has 0 aliphatic rings. The van der Waals surface area contributed by atoms with Gasteiger partial charge in [0.05, 0.1) is 23.7 Å². The number of aromatic nitrogens is 5. The summed E-state index contributed by atoms with van der Waals surface area (Å²) in [6.45, 7) is 1.80. The molecule has 0 radical (unpaired) electrons. The predicted molar refractivity (Wildman–Crippen MR) is 90.3 cm³/mol. The molecule has 3 heterocycles. The second kappa shape index (κ2) is 5.16. The van der Waals surface area contributed by atoms with Gasteiger partial charge >= 0.3 is 0 Å². The van der Waals surface area contributed by atoms with E-state index in [1.165, 1.54) is 4.57 Å². The van der Waals surface area contributed by atoms with Gasteiger partial charge in [-0.25, -0.2) is 4.98 Å². The summed E-state index contributed by atoms with van der Waals surface area (Å²) < 4.78 is 8.62. The third kappa shape index (κ3) is 1.98. The van der Waals surface area contributed by atoms with Crippen LogP contribution >= 0.6 is 0 Å². The quantitative estimate of drug-likeness (QED) is 0.564. The highest BCUT2D eigenvalue weighted by Crippen LogP contribution is 2.33. The van der Waals surface area contributed by atoms with Crippen molar-refractivity contribution >= 4 is 16.7 Å². The van der Waals surface area contributed by atoms with Gasteiger partial charge in [0.1, 0.15) is 11.6 Å². The van der Waals surface area contributed by atoms with Gasteiger partial charge in [-0.15, -0.1) is 5.10 Å². The highest BCUT2D eigenvalue weighted by Gasteiger charge is 2.19. The normalized spacial score (nSPS) is 11.3. The fourth-order valence-electron chi connectivity index (χ4n) is 2.86. The van der Waals surface area contributed by atoms with Gasteiger partial charge in [0.15, 0.2) is 0 Å². The van der Waals surface area contributed by atoms with E-state index in [-0.39, 0.29) is 5.56 Å². The molecule has 0 aliphatic heterocycles. The lowest BCUT2D eigenvalue weighted by molar-refractivity contribution is 0.416. The van der Waals surface area contributed by atoms with Crippen LogP contribution in [-0.4, -0.2) is 31.3 Å². The Kier molecular flexibility index (Phi) is 3.09. The minimum absolute atomic E-state index is 0.143. The first-order valence-electron chi connectivity index (χ1n) is 7.46. The molecule has 0 saturated carbocycles. The summed E-state index contributed by atoms with van der Waals surface area (Å²) in [6.07, 6.45) is 1.70. The van der Waals surface area contributed by atoms with Crippen LogP contribution in [0.2, 0.25) is 0 Å². The van der Waals surface area contributed by atoms with Crippen molar-refractivity contribution in [2.45, 2.75) is 6.92 Å². The molecule has 0 amide bonds. The number of rotatable bonds is 2. The number of ether oxygens (including phenoxy) is 1. The second-order valence-corrected chi connectivity index (χ2v) is 5.52. The number of pyridine rings is 1. The maximum Gasteiger partial charge on any atom is 0.261 e. The highest BCUT2D eigenvalue weighted by molar-refractivity contribution is 5.94. The zero-order valence-corrected chi connectivity index (χ0v) is 13.5. The van der Waals surface area contributed by atoms with Crippen LogP contribution in [0.4, 0.5) is 0 Å². The van der Waals surface area contributed by atoms with E-state index >= 15 is 0 Å². The molecule has 0 saturated heterocycles. The zero-order valence-electron chi connectivity index (χ0n) is 13.5. The zero-order chi connectivity index (χ0) is 16.8. The van der Waals surface area contributed by atoms with Crippen molar-refractivity contribution in [2.75, 3.05) is 7.11 Å². The fraction of sp³-hybridized carbons (Fsp3) is 0.176. The van der Waals surface area contributed by atoms with E-state index in [4.69, 9.17) is 4.74 Å². The number of nitrogens with zero attached hydrogens (tertiary/aromatic N) is 5. The molecule has 0 atom stereocenters. The topological polar surface area (TPSA) is 74.3 Å². The smallest absolute Gasteiger partial charge is 0.261 e. The minimum Gasteiger partial charge on any atom is -0.496 e. The van der Waals surface area contributed by atoms with E-state index in [1.807, 2.05) is 24.3 Å². The van der Waals surface area contributed by atoms with Gasteiger partial charge in [0.25, 0.3) is 11.3 Å². The Hall–Kier alpha value is -3.22. The molecule has 3 aromatic heterocycles. The molecule has 0 fully saturated rings. The summed E-state index contributed by atoms with van der Waals surface area (Å²) in [4.78, 5) is 21.6. The molecule has 0 aliphatic carbocycles. The van der Waals surface area contributed by atoms with Gasteiger partial charge in [-0.05, 0) is 25.1 Å². The van der Waals surface area contributed by atoms with Crippen LogP contribution < -0.4 is 10.3 Å². The maximum absolute atomic E-state index is 12.8. The standard InChI is InChI=1S/C17H15N5O2/c1-10-18-17-19-12-8-9-21(2)16(23)14(12)15(22(17)20-10)11-6-4-5-7-13(11)24-3/h4-9H,1-3H3. The molecular weight excluding hydrogens is 306 g/mol. The molecule has 0 spiro atoms. The Labute approximate surface area is 137 Å². The van der Waals surface area contributed by atoms with Gasteiger partial charge in [-0.2, -0.15) is 9.50 Å². The number of fused-ring (bicyclic) bond motifs is 2. The van der Waals surface area contributed by atoms with Gasteiger partial charge in [-0.3, -0.25) is 4.79 Å². The molecule has 24 heavy (non-hydrogen) atoms. The van der Waals surface area contributed by atoms with E-state index in [2.05, 4.69) is 15.1 Å². The molecule has 4 aromatic rings. The number of methoxy groups -OCH3 is 1. The van der Waals surface area contributed by atoms with Crippen LogP contribution in [0, 0.1) is 6.92 Å². The number of hydrogen-bond donors (Lipinski definition) is 0. The van der Waals surface area contributed by atoms with Crippen LogP contribution in [-0.2, 0) is 7.05 Å². The summed E-state index contributed by atoms with van der Waals surface area (Å²) in [7, 11) is 3.31. The van der Waals surface area contributed by atoms with Crippen LogP contribution in [0.15, 0.2) is 41.3 Å². The van der Waals surface area contributed by atoms with Crippen molar-refractivity contribution in [1.82, 2.24) is 24.1 Å². The molecule has 0 unspecified atom stereocenters. The third-order valence-corrected chi connectivity index (χ3v) is 3.97.